The van der Waals surface area contributed by atoms with E-state index in [1.54, 1.807) is 0 Å². The van der Waals surface area contributed by atoms with Gasteiger partial charge in [-0.1, -0.05) is 79.6 Å². The van der Waals surface area contributed by atoms with Crippen molar-refractivity contribution < 1.29 is 9.22 Å². The summed E-state index contributed by atoms with van der Waals surface area (Å²) in [6.07, 6.45) is 12.3. The Morgan fingerprint density at radius 2 is 1.64 bits per heavy atom. The molecular weight excluding hydrogens is 324 g/mol. The Bertz CT molecular complexity index is 411. The monoisotopic (exact) mass is 368 g/mol. The lowest BCUT2D eigenvalue weighted by molar-refractivity contribution is -0.130. The van der Waals surface area contributed by atoms with Gasteiger partial charge in [-0.2, -0.15) is 0 Å². The topological polar surface area (TPSA) is 26.3 Å². The van der Waals surface area contributed by atoms with E-state index >= 15 is 0 Å². The summed E-state index contributed by atoms with van der Waals surface area (Å²) in [6.45, 7) is 16.5. The molecule has 1 unspecified atom stereocenters. The first-order valence-corrected chi connectivity index (χ1v) is 13.6. The fourth-order valence-corrected chi connectivity index (χ4v) is 4.76. The van der Waals surface area contributed by atoms with Crippen molar-refractivity contribution >= 4 is 14.1 Å². The highest BCUT2D eigenvalue weighted by Crippen LogP contribution is 2.45. The number of unbranched alkanes of at least 4 members (excludes halogenated alkanes) is 6. The van der Waals surface area contributed by atoms with E-state index in [2.05, 4.69) is 47.7 Å². The lowest BCUT2D eigenvalue weighted by Gasteiger charge is -2.39. The number of ketones is 1. The van der Waals surface area contributed by atoms with Crippen LogP contribution in [0.1, 0.15) is 98.8 Å². The molecule has 0 aromatic carbocycles. The molecular formula is C22H44O2Si. The number of hydrogen-bond acceptors (Lipinski definition) is 2. The van der Waals surface area contributed by atoms with Gasteiger partial charge in [-0.15, -0.1) is 0 Å². The van der Waals surface area contributed by atoms with E-state index < -0.39 is 8.32 Å². The molecule has 1 fully saturated rings. The minimum absolute atomic E-state index is 0.182. The van der Waals surface area contributed by atoms with Crippen LogP contribution < -0.4 is 0 Å². The van der Waals surface area contributed by atoms with Gasteiger partial charge in [-0.3, -0.25) is 4.79 Å². The molecule has 1 saturated carbocycles. The van der Waals surface area contributed by atoms with Crippen molar-refractivity contribution in [3.05, 3.63) is 0 Å². The summed E-state index contributed by atoms with van der Waals surface area (Å²) in [4.78, 5) is 12.9. The summed E-state index contributed by atoms with van der Waals surface area (Å²) in [7, 11) is -1.79. The maximum Gasteiger partial charge on any atom is 0.192 e. The highest BCUT2D eigenvalue weighted by Gasteiger charge is 2.47. The van der Waals surface area contributed by atoms with Crippen molar-refractivity contribution in [2.24, 2.45) is 11.3 Å². The summed E-state index contributed by atoms with van der Waals surface area (Å²) in [6, 6.07) is 0. The van der Waals surface area contributed by atoms with E-state index in [4.69, 9.17) is 4.43 Å². The molecule has 0 spiro atoms. The van der Waals surface area contributed by atoms with Gasteiger partial charge in [-0.25, -0.2) is 0 Å². The highest BCUT2D eigenvalue weighted by atomic mass is 28.4. The number of hydrogen-bond donors (Lipinski definition) is 0. The Morgan fingerprint density at radius 1 is 1.08 bits per heavy atom. The molecule has 0 aliphatic heterocycles. The van der Waals surface area contributed by atoms with Crippen molar-refractivity contribution in [2.75, 3.05) is 6.61 Å². The fraction of sp³-hybridized carbons (Fsp3) is 0.955. The number of rotatable bonds is 11. The van der Waals surface area contributed by atoms with Crippen LogP contribution in [0, 0.1) is 11.3 Å². The normalized spacial score (nSPS) is 24.9. The van der Waals surface area contributed by atoms with Crippen molar-refractivity contribution in [2.45, 2.75) is 117 Å². The van der Waals surface area contributed by atoms with Crippen molar-refractivity contribution in [1.29, 1.82) is 0 Å². The minimum Gasteiger partial charge on any atom is -0.416 e. The van der Waals surface area contributed by atoms with Crippen LogP contribution in [0.2, 0.25) is 18.1 Å². The number of Topliss-reactive ketones (excluding diaryl/α,β-unsaturated/α-hetero) is 1. The Balaban J connectivity index is 2.57. The molecule has 0 bridgehead atoms. The van der Waals surface area contributed by atoms with E-state index in [1.807, 2.05) is 0 Å². The second-order valence-electron chi connectivity index (χ2n) is 10.0. The Morgan fingerprint density at radius 3 is 2.12 bits per heavy atom. The Kier molecular flexibility index (Phi) is 8.87. The van der Waals surface area contributed by atoms with Crippen molar-refractivity contribution in [3.8, 4) is 0 Å². The van der Waals surface area contributed by atoms with Gasteiger partial charge in [0.25, 0.3) is 0 Å². The zero-order chi connectivity index (χ0) is 19.1. The Hall–Kier alpha value is -0.153. The smallest absolute Gasteiger partial charge is 0.192 e. The van der Waals surface area contributed by atoms with Gasteiger partial charge >= 0.3 is 0 Å². The molecule has 148 valence electrons. The minimum atomic E-state index is -1.79. The van der Waals surface area contributed by atoms with Crippen molar-refractivity contribution in [1.82, 2.24) is 0 Å². The zero-order valence-corrected chi connectivity index (χ0v) is 19.2. The molecule has 0 heterocycles. The molecule has 0 aromatic heterocycles. The molecule has 0 amide bonds. The standard InChI is InChI=1S/C22H44O2Si/c1-8-9-10-11-12-13-14-16-22(17-15-19(2)20(22)23)18-24-25(6,7)21(3,4)5/h19H,8-18H2,1-7H3/t19?,22-/m0/s1. The van der Waals surface area contributed by atoms with Gasteiger partial charge in [0.2, 0.25) is 0 Å². The second-order valence-corrected chi connectivity index (χ2v) is 14.8. The first-order chi connectivity index (χ1) is 11.6. The fourth-order valence-electron chi connectivity index (χ4n) is 3.69. The van der Waals surface area contributed by atoms with E-state index in [1.165, 1.54) is 44.9 Å². The third-order valence-electron chi connectivity index (χ3n) is 6.80. The molecule has 2 atom stereocenters. The van der Waals surface area contributed by atoms with Crippen LogP contribution >= 0.6 is 0 Å². The SMILES string of the molecule is CCCCCCCCC[C@@]1(CO[Si](C)(C)C(C)(C)C)CCC(C)C1=O. The van der Waals surface area contributed by atoms with Crippen LogP contribution in [0.4, 0.5) is 0 Å². The number of carbonyl (C=O) groups excluding carboxylic acids is 1. The summed E-state index contributed by atoms with van der Waals surface area (Å²) in [5.74, 6) is 0.713. The van der Waals surface area contributed by atoms with E-state index in [0.29, 0.717) is 12.4 Å². The van der Waals surface area contributed by atoms with Crippen molar-refractivity contribution in [3.63, 3.8) is 0 Å². The zero-order valence-electron chi connectivity index (χ0n) is 18.2. The van der Waals surface area contributed by atoms with Crippen LogP contribution in [0.5, 0.6) is 0 Å². The predicted molar refractivity (Wildman–Crippen MR) is 112 cm³/mol. The largest absolute Gasteiger partial charge is 0.416 e. The van der Waals surface area contributed by atoms with Crippen LogP contribution in [-0.4, -0.2) is 20.7 Å². The predicted octanol–water partition coefficient (Wildman–Crippen LogP) is 7.13. The summed E-state index contributed by atoms with van der Waals surface area (Å²) in [5.41, 5.74) is -0.182. The first kappa shape index (κ1) is 22.9. The van der Waals surface area contributed by atoms with Gasteiger partial charge in [0.1, 0.15) is 5.78 Å². The first-order valence-electron chi connectivity index (χ1n) is 10.7. The maximum atomic E-state index is 12.9. The quantitative estimate of drug-likeness (QED) is 0.286. The molecule has 25 heavy (non-hydrogen) atoms. The third kappa shape index (κ3) is 6.50. The molecule has 0 N–H and O–H groups in total. The average molecular weight is 369 g/mol. The van der Waals surface area contributed by atoms with Crippen LogP contribution in [0.15, 0.2) is 0 Å². The van der Waals surface area contributed by atoms with Crippen LogP contribution in [-0.2, 0) is 9.22 Å². The summed E-state index contributed by atoms with van der Waals surface area (Å²) < 4.78 is 6.53. The molecule has 0 aromatic rings. The lowest BCUT2D eigenvalue weighted by Crippen LogP contribution is -2.45. The highest BCUT2D eigenvalue weighted by molar-refractivity contribution is 6.74. The summed E-state index contributed by atoms with van der Waals surface area (Å²) >= 11 is 0. The van der Waals surface area contributed by atoms with E-state index in [9.17, 15) is 4.79 Å². The van der Waals surface area contributed by atoms with E-state index in [-0.39, 0.29) is 16.4 Å². The van der Waals surface area contributed by atoms with Gasteiger partial charge in [0, 0.05) is 12.5 Å². The third-order valence-corrected chi connectivity index (χ3v) is 11.3. The molecule has 0 radical (unpaired) electrons. The van der Waals surface area contributed by atoms with Gasteiger partial charge in [0.05, 0.1) is 5.41 Å². The van der Waals surface area contributed by atoms with Gasteiger partial charge in [-0.05, 0) is 37.4 Å². The molecule has 0 saturated heterocycles. The van der Waals surface area contributed by atoms with Gasteiger partial charge < -0.3 is 4.43 Å². The molecule has 1 aliphatic carbocycles. The maximum absolute atomic E-state index is 12.9. The average Bonchev–Trinajstić information content (AvgIpc) is 2.80. The summed E-state index contributed by atoms with van der Waals surface area (Å²) in [5, 5.41) is 0.209. The molecule has 3 heteroatoms. The molecule has 1 aliphatic rings. The second kappa shape index (κ2) is 9.69. The Labute approximate surface area is 158 Å². The molecule has 1 rings (SSSR count). The van der Waals surface area contributed by atoms with Crippen LogP contribution in [0.25, 0.3) is 0 Å². The van der Waals surface area contributed by atoms with E-state index in [0.717, 1.165) is 19.3 Å². The molecule has 2 nitrogen and oxygen atoms in total. The van der Waals surface area contributed by atoms with Crippen LogP contribution in [0.3, 0.4) is 0 Å². The van der Waals surface area contributed by atoms with Gasteiger partial charge in [0.15, 0.2) is 8.32 Å². The number of carbonyl (C=O) groups is 1. The lowest BCUT2D eigenvalue weighted by atomic mass is 9.80.